The van der Waals surface area contributed by atoms with Crippen LogP contribution in [-0.2, 0) is 10.0 Å². The molecule has 0 amide bonds. The zero-order valence-electron chi connectivity index (χ0n) is 19.7. The molecule has 1 saturated heterocycles. The summed E-state index contributed by atoms with van der Waals surface area (Å²) in [6.07, 6.45) is 1.22. The van der Waals surface area contributed by atoms with E-state index in [0.29, 0.717) is 30.3 Å². The fraction of sp³-hybridized carbons (Fsp3) is 0.333. The van der Waals surface area contributed by atoms with Gasteiger partial charge in [0.15, 0.2) is 5.75 Å². The third-order valence-electron chi connectivity index (χ3n) is 6.80. The van der Waals surface area contributed by atoms with E-state index < -0.39 is 16.1 Å². The predicted molar refractivity (Wildman–Crippen MR) is 140 cm³/mol. The van der Waals surface area contributed by atoms with Crippen LogP contribution in [-0.4, -0.2) is 44.6 Å². The maximum Gasteiger partial charge on any atom is 0.268 e. The minimum atomic E-state index is -3.75. The Bertz CT molecular complexity index is 1260. The molecule has 2 aliphatic heterocycles. The Hall–Kier alpha value is -2.58. The van der Waals surface area contributed by atoms with Crippen molar-refractivity contribution in [3.63, 3.8) is 0 Å². The number of halogens is 1. The van der Waals surface area contributed by atoms with E-state index in [0.717, 1.165) is 31.5 Å². The van der Waals surface area contributed by atoms with Gasteiger partial charge in [-0.1, -0.05) is 54.1 Å². The number of anilines is 1. The van der Waals surface area contributed by atoms with E-state index in [4.69, 9.17) is 4.74 Å². The van der Waals surface area contributed by atoms with Crippen LogP contribution < -0.4 is 9.04 Å². The van der Waals surface area contributed by atoms with Gasteiger partial charge in [0, 0.05) is 13.1 Å². The molecule has 0 aliphatic carbocycles. The first-order valence-corrected chi connectivity index (χ1v) is 13.2. The molecule has 0 radical (unpaired) electrons. The molecule has 35 heavy (non-hydrogen) atoms. The number of nitrogens with zero attached hydrogens (tertiary/aromatic N) is 2. The number of sulfonamides is 1. The van der Waals surface area contributed by atoms with Gasteiger partial charge in [-0.15, -0.1) is 12.4 Å². The second kappa shape index (κ2) is 10.6. The summed E-state index contributed by atoms with van der Waals surface area (Å²) in [7, 11) is -3.75. The molecule has 1 N–H and O–H groups in total. The lowest BCUT2D eigenvalue weighted by atomic mass is 9.96. The number of hydrogen-bond donors (Lipinski definition) is 1. The van der Waals surface area contributed by atoms with Crippen molar-refractivity contribution in [3.05, 3.63) is 83.9 Å². The van der Waals surface area contributed by atoms with Gasteiger partial charge >= 0.3 is 0 Å². The molecule has 0 saturated carbocycles. The highest BCUT2D eigenvalue weighted by Gasteiger charge is 2.35. The molecule has 1 fully saturated rings. The lowest BCUT2D eigenvalue weighted by Gasteiger charge is -2.35. The molecule has 3 aromatic carbocycles. The monoisotopic (exact) mass is 514 g/mol. The zero-order valence-corrected chi connectivity index (χ0v) is 21.3. The summed E-state index contributed by atoms with van der Waals surface area (Å²) < 4.78 is 34.8. The van der Waals surface area contributed by atoms with Gasteiger partial charge in [-0.05, 0) is 68.6 Å². The molecule has 0 unspecified atom stereocenters. The van der Waals surface area contributed by atoms with Gasteiger partial charge in [-0.3, -0.25) is 4.31 Å². The molecular weight excluding hydrogens is 484 g/mol. The standard InChI is InChI=1S/C27H30N2O4S.ClH/c1-20-10-12-22(13-11-20)24(30)19-28-16-14-21(15-17-28)18-29-23-6-2-3-7-25(23)33-26-8-4-5-9-27(26)34(29,31)32;/h2-13,21,24,30H,14-19H2,1H3;1H/t24-;/m0./s1. The molecule has 8 heteroatoms. The Balaban J connectivity index is 0.00000289. The Morgan fingerprint density at radius 2 is 1.57 bits per heavy atom. The first kappa shape index (κ1) is 25.5. The van der Waals surface area contributed by atoms with Crippen LogP contribution >= 0.6 is 12.4 Å². The Labute approximate surface area is 213 Å². The van der Waals surface area contributed by atoms with Crippen LogP contribution in [0, 0.1) is 12.8 Å². The largest absolute Gasteiger partial charge is 0.454 e. The van der Waals surface area contributed by atoms with Crippen LogP contribution in [0.3, 0.4) is 0 Å². The average Bonchev–Trinajstić information content (AvgIpc) is 2.93. The van der Waals surface area contributed by atoms with Gasteiger partial charge in [0.2, 0.25) is 0 Å². The van der Waals surface area contributed by atoms with Crippen molar-refractivity contribution in [1.29, 1.82) is 0 Å². The number of benzene rings is 3. The van der Waals surface area contributed by atoms with Gasteiger partial charge in [0.05, 0.1) is 11.8 Å². The second-order valence-electron chi connectivity index (χ2n) is 9.22. The number of aryl methyl sites for hydroxylation is 1. The van der Waals surface area contributed by atoms with Crippen molar-refractivity contribution in [2.24, 2.45) is 5.92 Å². The van der Waals surface area contributed by atoms with E-state index in [1.807, 2.05) is 55.5 Å². The van der Waals surface area contributed by atoms with Gasteiger partial charge in [-0.25, -0.2) is 8.42 Å². The van der Waals surface area contributed by atoms with Crippen molar-refractivity contribution in [2.45, 2.75) is 30.8 Å². The summed E-state index contributed by atoms with van der Waals surface area (Å²) in [6.45, 7) is 4.69. The van der Waals surface area contributed by atoms with Crippen LogP contribution in [0.5, 0.6) is 11.5 Å². The van der Waals surface area contributed by atoms with E-state index in [1.54, 1.807) is 24.3 Å². The van der Waals surface area contributed by atoms with Gasteiger partial charge in [0.1, 0.15) is 10.6 Å². The van der Waals surface area contributed by atoms with Gasteiger partial charge < -0.3 is 14.7 Å². The van der Waals surface area contributed by atoms with Crippen LogP contribution in [0.1, 0.15) is 30.1 Å². The number of para-hydroxylation sites is 3. The minimum absolute atomic E-state index is 0. The number of fused-ring (bicyclic) bond motifs is 2. The third kappa shape index (κ3) is 5.33. The van der Waals surface area contributed by atoms with Crippen LogP contribution in [0.25, 0.3) is 0 Å². The van der Waals surface area contributed by atoms with E-state index >= 15 is 0 Å². The van der Waals surface area contributed by atoms with Crippen molar-refractivity contribution in [3.8, 4) is 11.5 Å². The van der Waals surface area contributed by atoms with E-state index in [2.05, 4.69) is 4.90 Å². The fourth-order valence-corrected chi connectivity index (χ4v) is 6.45. The number of rotatable bonds is 5. The molecule has 2 aliphatic rings. The summed E-state index contributed by atoms with van der Waals surface area (Å²) in [5.41, 5.74) is 2.68. The van der Waals surface area contributed by atoms with E-state index in [9.17, 15) is 13.5 Å². The number of hydrogen-bond acceptors (Lipinski definition) is 5. The minimum Gasteiger partial charge on any atom is -0.454 e. The highest BCUT2D eigenvalue weighted by atomic mass is 35.5. The molecule has 5 rings (SSSR count). The smallest absolute Gasteiger partial charge is 0.268 e. The third-order valence-corrected chi connectivity index (χ3v) is 8.61. The van der Waals surface area contributed by atoms with E-state index in [1.165, 1.54) is 9.87 Å². The molecule has 186 valence electrons. The fourth-order valence-electron chi connectivity index (χ4n) is 4.78. The SMILES string of the molecule is Cc1ccc([C@@H](O)CN2CCC(CN3c4ccccc4Oc4ccccc4S3(=O)=O)CC2)cc1.Cl. The summed E-state index contributed by atoms with van der Waals surface area (Å²) in [5.74, 6) is 1.13. The normalized spacial score (nSPS) is 18.4. The summed E-state index contributed by atoms with van der Waals surface area (Å²) in [4.78, 5) is 2.47. The maximum atomic E-state index is 13.7. The van der Waals surface area contributed by atoms with Gasteiger partial charge in [-0.2, -0.15) is 0 Å². The quantitative estimate of drug-likeness (QED) is 0.509. The lowest BCUT2D eigenvalue weighted by molar-refractivity contribution is 0.0905. The Morgan fingerprint density at radius 3 is 2.29 bits per heavy atom. The molecular formula is C27H31ClN2O4S. The molecule has 3 aromatic rings. The maximum absolute atomic E-state index is 13.7. The molecule has 0 bridgehead atoms. The van der Waals surface area contributed by atoms with Gasteiger partial charge in [0.25, 0.3) is 10.0 Å². The van der Waals surface area contributed by atoms with Crippen LogP contribution in [0.2, 0.25) is 0 Å². The summed E-state index contributed by atoms with van der Waals surface area (Å²) in [6, 6.07) is 22.1. The molecule has 0 aromatic heterocycles. The molecule has 2 heterocycles. The van der Waals surface area contributed by atoms with Crippen molar-refractivity contribution < 1.29 is 18.3 Å². The van der Waals surface area contributed by atoms with Crippen molar-refractivity contribution in [2.75, 3.05) is 30.5 Å². The lowest BCUT2D eigenvalue weighted by Crippen LogP contribution is -2.42. The molecule has 0 spiro atoms. The number of piperidine rings is 1. The van der Waals surface area contributed by atoms with Crippen molar-refractivity contribution in [1.82, 2.24) is 4.90 Å². The summed E-state index contributed by atoms with van der Waals surface area (Å²) in [5, 5.41) is 10.6. The highest BCUT2D eigenvalue weighted by molar-refractivity contribution is 7.93. The highest BCUT2D eigenvalue weighted by Crippen LogP contribution is 2.43. The summed E-state index contributed by atoms with van der Waals surface area (Å²) >= 11 is 0. The Morgan fingerprint density at radius 1 is 0.943 bits per heavy atom. The van der Waals surface area contributed by atoms with Crippen LogP contribution in [0.15, 0.2) is 77.7 Å². The first-order chi connectivity index (χ1) is 16.4. The number of aliphatic hydroxyl groups is 1. The first-order valence-electron chi connectivity index (χ1n) is 11.8. The average molecular weight is 515 g/mol. The van der Waals surface area contributed by atoms with E-state index in [-0.39, 0.29) is 23.2 Å². The zero-order chi connectivity index (χ0) is 23.7. The number of likely N-dealkylation sites (tertiary alicyclic amines) is 1. The number of β-amino-alcohol motifs (C(OH)–C–C–N with tert-alkyl or cyclic N) is 1. The number of aliphatic hydroxyl groups excluding tert-OH is 1. The number of ether oxygens (including phenoxy) is 1. The second-order valence-corrected chi connectivity index (χ2v) is 11.1. The van der Waals surface area contributed by atoms with Crippen molar-refractivity contribution >= 4 is 28.1 Å². The molecule has 6 nitrogen and oxygen atoms in total. The molecule has 1 atom stereocenters. The predicted octanol–water partition coefficient (Wildman–Crippen LogP) is 5.16. The topological polar surface area (TPSA) is 70.1 Å². The Kier molecular flexibility index (Phi) is 7.71. The van der Waals surface area contributed by atoms with Crippen LogP contribution in [0.4, 0.5) is 5.69 Å².